The predicted octanol–water partition coefficient (Wildman–Crippen LogP) is 6.28. The number of nitrogens with one attached hydrogen (secondary N) is 2. The van der Waals surface area contributed by atoms with Gasteiger partial charge in [0.15, 0.2) is 11.5 Å². The molecule has 4 aliphatic rings. The van der Waals surface area contributed by atoms with Crippen LogP contribution in [0.4, 0.5) is 15.9 Å². The van der Waals surface area contributed by atoms with Crippen LogP contribution in [0.15, 0.2) is 59.8 Å². The summed E-state index contributed by atoms with van der Waals surface area (Å²) in [6, 6.07) is 13.7. The van der Waals surface area contributed by atoms with Gasteiger partial charge in [-0.1, -0.05) is 17.7 Å². The van der Waals surface area contributed by atoms with Gasteiger partial charge in [0.1, 0.15) is 24.0 Å². The molecule has 1 atom stereocenters. The number of halogens is 2. The summed E-state index contributed by atoms with van der Waals surface area (Å²) >= 11 is 7.68. The van der Waals surface area contributed by atoms with E-state index in [1.165, 1.54) is 18.5 Å². The number of likely N-dealkylation sites (tertiary alicyclic amines) is 1. The summed E-state index contributed by atoms with van der Waals surface area (Å²) in [5, 5.41) is 6.32. The lowest BCUT2D eigenvalue weighted by atomic mass is 10.0. The molecule has 2 N–H and O–H groups in total. The average molecular weight is 887 g/mol. The molecule has 0 radical (unpaired) electrons. The van der Waals surface area contributed by atoms with Gasteiger partial charge < -0.3 is 29.5 Å². The molecule has 328 valence electrons. The van der Waals surface area contributed by atoms with E-state index in [4.69, 9.17) is 21.1 Å². The van der Waals surface area contributed by atoms with E-state index in [-0.39, 0.29) is 29.2 Å². The Balaban J connectivity index is 0.716. The maximum absolute atomic E-state index is 13.7. The third kappa shape index (κ3) is 10.1. The van der Waals surface area contributed by atoms with Crippen LogP contribution in [-0.2, 0) is 20.9 Å². The molecule has 14 nitrogen and oxygen atoms in total. The highest BCUT2D eigenvalue weighted by Gasteiger charge is 2.40. The molecule has 3 aromatic carbocycles. The van der Waals surface area contributed by atoms with Gasteiger partial charge in [-0.15, -0.1) is 11.8 Å². The van der Waals surface area contributed by atoms with E-state index in [2.05, 4.69) is 30.4 Å². The second-order valence-electron chi connectivity index (χ2n) is 16.2. The monoisotopic (exact) mass is 886 g/mol. The molecular weight excluding hydrogens is 835 g/mol. The van der Waals surface area contributed by atoms with Gasteiger partial charge in [-0.05, 0) is 99.3 Å². The molecule has 1 aromatic heterocycles. The van der Waals surface area contributed by atoms with Gasteiger partial charge in [0, 0.05) is 85.8 Å². The second kappa shape index (κ2) is 20.0. The summed E-state index contributed by atoms with van der Waals surface area (Å²) in [6.45, 7) is 7.21. The topological polar surface area (TPSA) is 150 Å². The molecule has 0 bridgehead atoms. The Morgan fingerprint density at radius 1 is 0.968 bits per heavy atom. The highest BCUT2D eigenvalue weighted by Crippen LogP contribution is 2.37. The number of hydrogen-bond acceptors (Lipinski definition) is 12. The third-order valence-electron chi connectivity index (χ3n) is 12.3. The number of anilines is 2. The fraction of sp³-hybridized carbons (Fsp3) is 0.467. The van der Waals surface area contributed by atoms with E-state index in [9.17, 15) is 23.6 Å². The first-order valence-electron chi connectivity index (χ1n) is 21.5. The van der Waals surface area contributed by atoms with Crippen molar-refractivity contribution in [1.29, 1.82) is 0 Å². The molecule has 3 fully saturated rings. The smallest absolute Gasteiger partial charge is 0.255 e. The highest BCUT2D eigenvalue weighted by atomic mass is 35.5. The van der Waals surface area contributed by atoms with Crippen LogP contribution in [0.25, 0.3) is 10.9 Å². The zero-order valence-corrected chi connectivity index (χ0v) is 36.4. The summed E-state index contributed by atoms with van der Waals surface area (Å²) < 4.78 is 25.6. The minimum absolute atomic E-state index is 0.0185. The molecule has 17 heteroatoms. The number of thioether (sulfide) groups is 1. The number of nitrogens with zero attached hydrogens (tertiary/aromatic N) is 6. The molecule has 4 amide bonds. The van der Waals surface area contributed by atoms with Crippen LogP contribution in [0, 0.1) is 5.82 Å². The van der Waals surface area contributed by atoms with Crippen molar-refractivity contribution >= 4 is 69.4 Å². The molecule has 62 heavy (non-hydrogen) atoms. The molecule has 1 unspecified atom stereocenters. The van der Waals surface area contributed by atoms with Crippen molar-refractivity contribution in [3.63, 3.8) is 0 Å². The van der Waals surface area contributed by atoms with Gasteiger partial charge in [0.05, 0.1) is 24.3 Å². The molecule has 0 aliphatic carbocycles. The number of hydrogen-bond donors (Lipinski definition) is 2. The van der Waals surface area contributed by atoms with Crippen LogP contribution in [0.5, 0.6) is 11.5 Å². The number of imide groups is 1. The summed E-state index contributed by atoms with van der Waals surface area (Å²) in [5.41, 5.74) is 2.84. The van der Waals surface area contributed by atoms with Gasteiger partial charge in [0.2, 0.25) is 17.7 Å². The fourth-order valence-corrected chi connectivity index (χ4v) is 10.1. The lowest BCUT2D eigenvalue weighted by molar-refractivity contribution is -0.137. The Labute approximate surface area is 369 Å². The van der Waals surface area contributed by atoms with Crippen LogP contribution in [0.2, 0.25) is 5.02 Å². The number of carbonyl (C=O) groups excluding carboxylic acids is 4. The van der Waals surface area contributed by atoms with Gasteiger partial charge in [-0.3, -0.25) is 29.4 Å². The second-order valence-corrected chi connectivity index (χ2v) is 17.7. The number of fused-ring (bicyclic) bond motifs is 2. The molecule has 0 saturated carbocycles. The number of unbranched alkanes of at least 4 members (excludes halogenated alkanes) is 1. The Morgan fingerprint density at radius 2 is 1.79 bits per heavy atom. The molecular formula is C45H52ClFN8O6S. The number of aromatic nitrogens is 2. The van der Waals surface area contributed by atoms with Crippen molar-refractivity contribution < 1.29 is 33.0 Å². The number of benzene rings is 3. The van der Waals surface area contributed by atoms with Crippen molar-refractivity contribution in [2.24, 2.45) is 0 Å². The van der Waals surface area contributed by atoms with E-state index in [0.29, 0.717) is 66.1 Å². The van der Waals surface area contributed by atoms with Crippen molar-refractivity contribution in [2.45, 2.75) is 74.9 Å². The Kier molecular flexibility index (Phi) is 14.1. The van der Waals surface area contributed by atoms with Gasteiger partial charge in [-0.25, -0.2) is 14.4 Å². The van der Waals surface area contributed by atoms with Crippen LogP contribution in [0.3, 0.4) is 0 Å². The van der Waals surface area contributed by atoms with Crippen molar-refractivity contribution in [2.75, 3.05) is 70.6 Å². The first kappa shape index (κ1) is 43.6. The number of carbonyl (C=O) groups is 4. The van der Waals surface area contributed by atoms with E-state index in [1.54, 1.807) is 29.8 Å². The van der Waals surface area contributed by atoms with Crippen molar-refractivity contribution in [1.82, 2.24) is 34.9 Å². The first-order valence-corrected chi connectivity index (χ1v) is 22.8. The first-order chi connectivity index (χ1) is 30.1. The normalized spacial score (nSPS) is 18.9. The Bertz CT molecular complexity index is 2310. The number of ether oxygens (including phenoxy) is 2. The predicted molar refractivity (Wildman–Crippen MR) is 236 cm³/mol. The van der Waals surface area contributed by atoms with Crippen LogP contribution >= 0.6 is 23.4 Å². The van der Waals surface area contributed by atoms with E-state index >= 15 is 0 Å². The standard InChI is InChI=1S/C45H52ClFN8O6S/c1-60-38-26-36-32(43(49-28-48-36)50-29-9-10-35(47)34(46)24-29)25-39(38)61-22-5-15-52-16-13-30(14-17-52)53-18-20-54(21-19-53)42(57)8-2-3-23-62-40-7-4-6-31-33(40)27-55(45(31)59)37-11-12-41(56)51-44(37)58/h4,6-7,9-10,24-26,28,30,37H,2-3,5,8,11-23,27H2,1H3,(H,48,49,50)(H,51,56,58). The molecule has 5 heterocycles. The number of methoxy groups -OCH3 is 1. The zero-order valence-electron chi connectivity index (χ0n) is 34.9. The van der Waals surface area contributed by atoms with Crippen molar-refractivity contribution in [3.05, 3.63) is 76.8 Å². The number of piperazine rings is 1. The number of piperidine rings is 2. The largest absolute Gasteiger partial charge is 0.493 e. The minimum Gasteiger partial charge on any atom is -0.493 e. The average Bonchev–Trinajstić information content (AvgIpc) is 3.62. The highest BCUT2D eigenvalue weighted by molar-refractivity contribution is 7.99. The SMILES string of the molecule is COc1cc2ncnc(Nc3ccc(F)c(Cl)c3)c2cc1OCCCN1CCC(N2CCN(C(=O)CCCCSc3cccc4c3CN(C3CCC(=O)NC3=O)C4=O)CC2)CC1. The third-order valence-corrected chi connectivity index (χ3v) is 13.8. The van der Waals surface area contributed by atoms with Crippen LogP contribution in [-0.4, -0.2) is 131 Å². The Hall–Kier alpha value is -5.03. The summed E-state index contributed by atoms with van der Waals surface area (Å²) in [7, 11) is 1.60. The molecule has 8 rings (SSSR count). The summed E-state index contributed by atoms with van der Waals surface area (Å²) in [6.07, 6.45) is 7.33. The van der Waals surface area contributed by atoms with Crippen LogP contribution < -0.4 is 20.1 Å². The Morgan fingerprint density at radius 3 is 2.56 bits per heavy atom. The zero-order chi connectivity index (χ0) is 43.2. The lowest BCUT2D eigenvalue weighted by Crippen LogP contribution is -2.54. The quantitative estimate of drug-likeness (QED) is 0.0742. The summed E-state index contributed by atoms with van der Waals surface area (Å²) in [5.74, 6) is 1.43. The lowest BCUT2D eigenvalue weighted by Gasteiger charge is -2.42. The van der Waals surface area contributed by atoms with E-state index in [0.717, 1.165) is 99.5 Å². The number of amides is 4. The maximum Gasteiger partial charge on any atom is 0.255 e. The van der Waals surface area contributed by atoms with Crippen molar-refractivity contribution in [3.8, 4) is 11.5 Å². The summed E-state index contributed by atoms with van der Waals surface area (Å²) in [4.78, 5) is 68.9. The fourth-order valence-electron chi connectivity index (χ4n) is 8.87. The van der Waals surface area contributed by atoms with Gasteiger partial charge in [0.25, 0.3) is 5.91 Å². The number of rotatable bonds is 16. The molecule has 4 aromatic rings. The molecule has 3 saturated heterocycles. The maximum atomic E-state index is 13.7. The van der Waals surface area contributed by atoms with E-state index < -0.39 is 17.8 Å². The van der Waals surface area contributed by atoms with Gasteiger partial charge >= 0.3 is 0 Å². The molecule has 4 aliphatic heterocycles. The van der Waals surface area contributed by atoms with E-state index in [1.807, 2.05) is 35.2 Å². The minimum atomic E-state index is -0.626. The van der Waals surface area contributed by atoms with Gasteiger partial charge in [-0.2, -0.15) is 0 Å². The van der Waals surface area contributed by atoms with Crippen LogP contribution in [0.1, 0.15) is 67.3 Å². The molecule has 0 spiro atoms.